The van der Waals surface area contributed by atoms with Crippen molar-refractivity contribution in [3.63, 3.8) is 0 Å². The summed E-state index contributed by atoms with van der Waals surface area (Å²) in [6, 6.07) is 11.9. The van der Waals surface area contributed by atoms with Crippen molar-refractivity contribution in [1.82, 2.24) is 10.2 Å². The van der Waals surface area contributed by atoms with E-state index in [2.05, 4.69) is 10.2 Å². The minimum Gasteiger partial charge on any atom is -0.382 e. The molecule has 3 nitrogen and oxygen atoms in total. The van der Waals surface area contributed by atoms with E-state index in [4.69, 9.17) is 17.3 Å². The van der Waals surface area contributed by atoms with E-state index < -0.39 is 0 Å². The van der Waals surface area contributed by atoms with E-state index in [9.17, 15) is 4.39 Å². The van der Waals surface area contributed by atoms with Crippen molar-refractivity contribution in [3.05, 3.63) is 58.9 Å². The van der Waals surface area contributed by atoms with Gasteiger partial charge in [0.15, 0.2) is 5.82 Å². The fourth-order valence-electron chi connectivity index (χ4n) is 2.35. The van der Waals surface area contributed by atoms with Gasteiger partial charge in [-0.2, -0.15) is 5.10 Å². The van der Waals surface area contributed by atoms with Crippen molar-refractivity contribution < 1.29 is 4.39 Å². The van der Waals surface area contributed by atoms with Crippen LogP contribution >= 0.6 is 11.6 Å². The van der Waals surface area contributed by atoms with E-state index in [0.717, 1.165) is 27.9 Å². The standard InChI is InChI=1S/C16H13ClFN3/c1-9-6-11(8-12(17)7-9)15-14(16(19)21-20-15)10-2-4-13(18)5-3-10/h2-8H,1H3,(H3,19,20,21). The summed E-state index contributed by atoms with van der Waals surface area (Å²) in [5.41, 5.74) is 10.2. The summed E-state index contributed by atoms with van der Waals surface area (Å²) in [5.74, 6) is 0.0789. The van der Waals surface area contributed by atoms with Gasteiger partial charge in [-0.3, -0.25) is 5.10 Å². The van der Waals surface area contributed by atoms with Gasteiger partial charge in [-0.1, -0.05) is 23.7 Å². The van der Waals surface area contributed by atoms with E-state index in [1.807, 2.05) is 25.1 Å². The average molecular weight is 302 g/mol. The third-order valence-corrected chi connectivity index (χ3v) is 3.48. The van der Waals surface area contributed by atoms with Crippen molar-refractivity contribution in [1.29, 1.82) is 0 Å². The number of aromatic nitrogens is 2. The molecule has 1 aromatic heterocycles. The lowest BCUT2D eigenvalue weighted by Gasteiger charge is -2.06. The summed E-state index contributed by atoms with van der Waals surface area (Å²) in [6.07, 6.45) is 0. The molecule has 0 aliphatic rings. The summed E-state index contributed by atoms with van der Waals surface area (Å²) in [5, 5.41) is 7.64. The summed E-state index contributed by atoms with van der Waals surface area (Å²) in [7, 11) is 0. The second-order valence-corrected chi connectivity index (χ2v) is 5.32. The Morgan fingerprint density at radius 3 is 2.48 bits per heavy atom. The second kappa shape index (κ2) is 5.22. The fraction of sp³-hybridized carbons (Fsp3) is 0.0625. The van der Waals surface area contributed by atoms with E-state index in [0.29, 0.717) is 10.8 Å². The molecular weight excluding hydrogens is 289 g/mol. The SMILES string of the molecule is Cc1cc(Cl)cc(-c2[nH]nc(N)c2-c2ccc(F)cc2)c1. The number of anilines is 1. The Morgan fingerprint density at radius 1 is 1.10 bits per heavy atom. The highest BCUT2D eigenvalue weighted by atomic mass is 35.5. The molecule has 5 heteroatoms. The lowest BCUT2D eigenvalue weighted by Crippen LogP contribution is -1.89. The van der Waals surface area contributed by atoms with E-state index in [1.54, 1.807) is 12.1 Å². The number of aromatic amines is 1. The number of nitrogens with two attached hydrogens (primary N) is 1. The predicted octanol–water partition coefficient (Wildman–Crippen LogP) is 4.43. The van der Waals surface area contributed by atoms with Gasteiger partial charge in [0.2, 0.25) is 0 Å². The minimum absolute atomic E-state index is 0.291. The molecule has 3 N–H and O–H groups in total. The van der Waals surface area contributed by atoms with Crippen molar-refractivity contribution in [2.75, 3.05) is 5.73 Å². The molecule has 2 aromatic carbocycles. The van der Waals surface area contributed by atoms with Crippen LogP contribution in [0.4, 0.5) is 10.2 Å². The topological polar surface area (TPSA) is 54.7 Å². The first-order chi connectivity index (χ1) is 10.0. The molecule has 0 aliphatic heterocycles. The normalized spacial score (nSPS) is 10.8. The van der Waals surface area contributed by atoms with Crippen LogP contribution in [0.2, 0.25) is 5.02 Å². The number of halogens is 2. The van der Waals surface area contributed by atoms with Gasteiger partial charge >= 0.3 is 0 Å². The van der Waals surface area contributed by atoms with Crippen LogP contribution in [-0.2, 0) is 0 Å². The van der Waals surface area contributed by atoms with Crippen LogP contribution in [0, 0.1) is 12.7 Å². The molecule has 3 aromatic rings. The molecule has 0 bridgehead atoms. The largest absolute Gasteiger partial charge is 0.382 e. The van der Waals surface area contributed by atoms with Gasteiger partial charge < -0.3 is 5.73 Å². The number of benzene rings is 2. The smallest absolute Gasteiger partial charge is 0.153 e. The van der Waals surface area contributed by atoms with Crippen molar-refractivity contribution in [3.8, 4) is 22.4 Å². The molecule has 0 spiro atoms. The zero-order valence-corrected chi connectivity index (χ0v) is 12.1. The Hall–Kier alpha value is -2.33. The number of nitrogen functional groups attached to an aromatic ring is 1. The number of hydrogen-bond acceptors (Lipinski definition) is 2. The maximum atomic E-state index is 13.1. The van der Waals surface area contributed by atoms with E-state index in [1.165, 1.54) is 12.1 Å². The number of rotatable bonds is 2. The Morgan fingerprint density at radius 2 is 1.81 bits per heavy atom. The summed E-state index contributed by atoms with van der Waals surface area (Å²) >= 11 is 6.11. The van der Waals surface area contributed by atoms with Crippen LogP contribution in [0.3, 0.4) is 0 Å². The Labute approximate surface area is 126 Å². The second-order valence-electron chi connectivity index (χ2n) is 4.88. The molecule has 0 radical (unpaired) electrons. The monoisotopic (exact) mass is 301 g/mol. The maximum absolute atomic E-state index is 13.1. The van der Waals surface area contributed by atoms with Gasteiger partial charge in [0, 0.05) is 10.6 Å². The van der Waals surface area contributed by atoms with Crippen molar-refractivity contribution in [2.45, 2.75) is 6.92 Å². The average Bonchev–Trinajstić information content (AvgIpc) is 2.80. The first-order valence-corrected chi connectivity index (χ1v) is 6.80. The highest BCUT2D eigenvalue weighted by Crippen LogP contribution is 2.35. The summed E-state index contributed by atoms with van der Waals surface area (Å²) in [6.45, 7) is 1.96. The maximum Gasteiger partial charge on any atom is 0.153 e. The van der Waals surface area contributed by atoms with E-state index in [-0.39, 0.29) is 5.82 Å². The van der Waals surface area contributed by atoms with Gasteiger partial charge in [-0.15, -0.1) is 0 Å². The molecule has 0 saturated heterocycles. The molecule has 21 heavy (non-hydrogen) atoms. The molecule has 1 heterocycles. The van der Waals surface area contributed by atoms with Crippen LogP contribution in [0.5, 0.6) is 0 Å². The number of hydrogen-bond donors (Lipinski definition) is 2. The molecular formula is C16H13ClFN3. The fourth-order valence-corrected chi connectivity index (χ4v) is 2.64. The number of nitrogens with zero attached hydrogens (tertiary/aromatic N) is 1. The summed E-state index contributed by atoms with van der Waals surface area (Å²) < 4.78 is 13.1. The Kier molecular flexibility index (Phi) is 3.39. The van der Waals surface area contributed by atoms with Gasteiger partial charge in [-0.25, -0.2) is 4.39 Å². The highest BCUT2D eigenvalue weighted by molar-refractivity contribution is 6.31. The van der Waals surface area contributed by atoms with Crippen LogP contribution in [0.25, 0.3) is 22.4 Å². The molecule has 3 rings (SSSR count). The zero-order chi connectivity index (χ0) is 15.0. The Balaban J connectivity index is 2.19. The minimum atomic E-state index is -0.291. The number of H-pyrrole nitrogens is 1. The molecule has 0 fully saturated rings. The van der Waals surface area contributed by atoms with Gasteiger partial charge in [-0.05, 0) is 48.4 Å². The quantitative estimate of drug-likeness (QED) is 0.736. The van der Waals surface area contributed by atoms with Crippen LogP contribution < -0.4 is 5.73 Å². The highest BCUT2D eigenvalue weighted by Gasteiger charge is 2.15. The first-order valence-electron chi connectivity index (χ1n) is 6.42. The van der Waals surface area contributed by atoms with Gasteiger partial charge in [0.05, 0.1) is 11.3 Å². The van der Waals surface area contributed by atoms with Crippen LogP contribution in [0.15, 0.2) is 42.5 Å². The third kappa shape index (κ3) is 2.62. The van der Waals surface area contributed by atoms with Crippen molar-refractivity contribution in [2.24, 2.45) is 0 Å². The molecule has 0 unspecified atom stereocenters. The number of aryl methyl sites for hydroxylation is 1. The molecule has 0 atom stereocenters. The van der Waals surface area contributed by atoms with Crippen LogP contribution in [-0.4, -0.2) is 10.2 Å². The van der Waals surface area contributed by atoms with Crippen LogP contribution in [0.1, 0.15) is 5.56 Å². The molecule has 0 saturated carbocycles. The predicted molar refractivity (Wildman–Crippen MR) is 83.6 cm³/mol. The molecule has 106 valence electrons. The van der Waals surface area contributed by atoms with Crippen molar-refractivity contribution >= 4 is 17.4 Å². The lowest BCUT2D eigenvalue weighted by molar-refractivity contribution is 0.628. The molecule has 0 aliphatic carbocycles. The lowest BCUT2D eigenvalue weighted by atomic mass is 10.00. The zero-order valence-electron chi connectivity index (χ0n) is 11.3. The van der Waals surface area contributed by atoms with Gasteiger partial charge in [0.25, 0.3) is 0 Å². The summed E-state index contributed by atoms with van der Waals surface area (Å²) in [4.78, 5) is 0. The first kappa shape index (κ1) is 13.6. The number of nitrogens with one attached hydrogen (secondary N) is 1. The molecule has 0 amide bonds. The third-order valence-electron chi connectivity index (χ3n) is 3.26. The van der Waals surface area contributed by atoms with Gasteiger partial charge in [0.1, 0.15) is 5.82 Å². The Bertz CT molecular complexity index is 774. The van der Waals surface area contributed by atoms with E-state index >= 15 is 0 Å².